The first-order chi connectivity index (χ1) is 13.0. The van der Waals surface area contributed by atoms with Crippen molar-refractivity contribution in [3.63, 3.8) is 0 Å². The smallest absolute Gasteiger partial charge is 0.340 e. The Balaban J connectivity index is 1.48. The van der Waals surface area contributed by atoms with Gasteiger partial charge in [-0.2, -0.15) is 0 Å². The monoisotopic (exact) mass is 395 g/mol. The second-order valence-electron chi connectivity index (χ2n) is 6.74. The molecule has 27 heavy (non-hydrogen) atoms. The molecule has 2 fully saturated rings. The zero-order valence-corrected chi connectivity index (χ0v) is 16.5. The minimum Gasteiger partial charge on any atom is -0.465 e. The summed E-state index contributed by atoms with van der Waals surface area (Å²) in [6, 6.07) is 1.71. The number of nitrogens with one attached hydrogen (secondary N) is 1. The second kappa shape index (κ2) is 8.81. The Hall–Kier alpha value is -1.97. The van der Waals surface area contributed by atoms with Gasteiger partial charge in [0.15, 0.2) is 0 Å². The standard InChI is InChI=1S/C18H25N3O5S/c1-12-10-13(18(24)25-2)16(27-12)19-15(22)11-20-5-7-21(8-6-20)17(23)14-4-3-9-26-14/h10,14H,3-9,11H2,1-2H3,(H,19,22)/t14-/m1/s1. The number of hydrogen-bond donors (Lipinski definition) is 1. The lowest BCUT2D eigenvalue weighted by atomic mass is 10.2. The fraction of sp³-hybridized carbons (Fsp3) is 0.611. The number of methoxy groups -OCH3 is 1. The van der Waals surface area contributed by atoms with E-state index in [0.29, 0.717) is 43.4 Å². The molecule has 0 spiro atoms. The second-order valence-corrected chi connectivity index (χ2v) is 8.00. The van der Waals surface area contributed by atoms with Crippen molar-refractivity contribution in [2.45, 2.75) is 25.9 Å². The highest BCUT2D eigenvalue weighted by Gasteiger charge is 2.30. The van der Waals surface area contributed by atoms with Gasteiger partial charge < -0.3 is 19.7 Å². The first-order valence-corrected chi connectivity index (χ1v) is 9.91. The molecule has 1 aromatic rings. The molecule has 0 saturated carbocycles. The van der Waals surface area contributed by atoms with Crippen molar-refractivity contribution in [3.05, 3.63) is 16.5 Å². The molecule has 3 rings (SSSR count). The number of nitrogens with zero attached hydrogens (tertiary/aromatic N) is 2. The Bertz CT molecular complexity index is 706. The predicted octanol–water partition coefficient (Wildman–Crippen LogP) is 1.10. The highest BCUT2D eigenvalue weighted by atomic mass is 32.1. The van der Waals surface area contributed by atoms with Gasteiger partial charge in [-0.15, -0.1) is 11.3 Å². The van der Waals surface area contributed by atoms with Crippen molar-refractivity contribution in [1.29, 1.82) is 0 Å². The number of aryl methyl sites for hydroxylation is 1. The van der Waals surface area contributed by atoms with E-state index in [4.69, 9.17) is 9.47 Å². The average molecular weight is 395 g/mol. The van der Waals surface area contributed by atoms with Crippen molar-refractivity contribution >= 4 is 34.1 Å². The van der Waals surface area contributed by atoms with Gasteiger partial charge in [0.05, 0.1) is 19.2 Å². The van der Waals surface area contributed by atoms with Gasteiger partial charge in [0.2, 0.25) is 5.91 Å². The minimum absolute atomic E-state index is 0.0633. The maximum atomic E-state index is 12.4. The first-order valence-electron chi connectivity index (χ1n) is 9.09. The molecule has 2 aliphatic heterocycles. The molecule has 0 radical (unpaired) electrons. The molecule has 2 saturated heterocycles. The molecule has 1 atom stereocenters. The summed E-state index contributed by atoms with van der Waals surface area (Å²) in [4.78, 5) is 41.3. The summed E-state index contributed by atoms with van der Waals surface area (Å²) in [7, 11) is 1.32. The maximum absolute atomic E-state index is 12.4. The van der Waals surface area contributed by atoms with Crippen molar-refractivity contribution in [1.82, 2.24) is 9.80 Å². The van der Waals surface area contributed by atoms with Gasteiger partial charge in [0.25, 0.3) is 5.91 Å². The number of carbonyl (C=O) groups is 3. The molecular weight excluding hydrogens is 370 g/mol. The van der Waals surface area contributed by atoms with E-state index in [-0.39, 0.29) is 24.5 Å². The van der Waals surface area contributed by atoms with Crippen LogP contribution in [0.5, 0.6) is 0 Å². The summed E-state index contributed by atoms with van der Waals surface area (Å²) >= 11 is 1.35. The number of piperazine rings is 1. The van der Waals surface area contributed by atoms with Gasteiger partial charge >= 0.3 is 5.97 Å². The molecular formula is C18H25N3O5S. The number of rotatable bonds is 5. The minimum atomic E-state index is -0.462. The van der Waals surface area contributed by atoms with Crippen LogP contribution < -0.4 is 5.32 Å². The van der Waals surface area contributed by atoms with Crippen LogP contribution in [0.3, 0.4) is 0 Å². The largest absolute Gasteiger partial charge is 0.465 e. The Morgan fingerprint density at radius 2 is 2.04 bits per heavy atom. The number of amides is 2. The van der Waals surface area contributed by atoms with Crippen LogP contribution in [0.25, 0.3) is 0 Å². The highest BCUT2D eigenvalue weighted by Crippen LogP contribution is 2.28. The molecule has 2 amide bonds. The van der Waals surface area contributed by atoms with Gasteiger partial charge in [0, 0.05) is 37.7 Å². The lowest BCUT2D eigenvalue weighted by Crippen LogP contribution is -2.52. The Labute approximate surface area is 162 Å². The first kappa shape index (κ1) is 19.8. The Morgan fingerprint density at radius 3 is 2.67 bits per heavy atom. The zero-order chi connectivity index (χ0) is 19.4. The van der Waals surface area contributed by atoms with E-state index in [9.17, 15) is 14.4 Å². The van der Waals surface area contributed by atoms with Gasteiger partial charge in [-0.1, -0.05) is 0 Å². The maximum Gasteiger partial charge on any atom is 0.340 e. The Kier molecular flexibility index (Phi) is 6.46. The van der Waals surface area contributed by atoms with E-state index in [2.05, 4.69) is 5.32 Å². The number of carbonyl (C=O) groups excluding carboxylic acids is 3. The van der Waals surface area contributed by atoms with Crippen LogP contribution in [0.1, 0.15) is 28.1 Å². The molecule has 0 bridgehead atoms. The lowest BCUT2D eigenvalue weighted by molar-refractivity contribution is -0.142. The van der Waals surface area contributed by atoms with E-state index < -0.39 is 5.97 Å². The fourth-order valence-corrected chi connectivity index (χ4v) is 4.26. The van der Waals surface area contributed by atoms with Crippen LogP contribution >= 0.6 is 11.3 Å². The Morgan fingerprint density at radius 1 is 1.30 bits per heavy atom. The zero-order valence-electron chi connectivity index (χ0n) is 15.7. The molecule has 148 valence electrons. The highest BCUT2D eigenvalue weighted by molar-refractivity contribution is 7.16. The fourth-order valence-electron chi connectivity index (χ4n) is 3.34. The number of ether oxygens (including phenoxy) is 2. The molecule has 8 nitrogen and oxygen atoms in total. The molecule has 0 unspecified atom stereocenters. The number of hydrogen-bond acceptors (Lipinski definition) is 7. The normalized spacial score (nSPS) is 20.5. The molecule has 0 aromatic carbocycles. The van der Waals surface area contributed by atoms with Gasteiger partial charge in [-0.05, 0) is 25.8 Å². The SMILES string of the molecule is COC(=O)c1cc(C)sc1NC(=O)CN1CCN(C(=O)[C@H]2CCCO2)CC1. The predicted molar refractivity (Wildman–Crippen MR) is 101 cm³/mol. The van der Waals surface area contributed by atoms with Gasteiger partial charge in [-0.3, -0.25) is 14.5 Å². The van der Waals surface area contributed by atoms with Crippen molar-refractivity contribution in [2.24, 2.45) is 0 Å². The van der Waals surface area contributed by atoms with Crippen molar-refractivity contribution in [3.8, 4) is 0 Å². The average Bonchev–Trinajstić information content (AvgIpc) is 3.31. The van der Waals surface area contributed by atoms with E-state index in [1.165, 1.54) is 18.4 Å². The van der Waals surface area contributed by atoms with Crippen LogP contribution in [0.2, 0.25) is 0 Å². The molecule has 1 N–H and O–H groups in total. The van der Waals surface area contributed by atoms with Crippen molar-refractivity contribution < 1.29 is 23.9 Å². The molecule has 3 heterocycles. The summed E-state index contributed by atoms with van der Waals surface area (Å²) in [6.07, 6.45) is 1.44. The molecule has 0 aliphatic carbocycles. The third-order valence-corrected chi connectivity index (χ3v) is 5.74. The van der Waals surface area contributed by atoms with Crippen LogP contribution in [-0.4, -0.2) is 80.1 Å². The summed E-state index contributed by atoms with van der Waals surface area (Å²) < 4.78 is 10.2. The summed E-state index contributed by atoms with van der Waals surface area (Å²) in [5, 5.41) is 3.32. The van der Waals surface area contributed by atoms with E-state index >= 15 is 0 Å². The van der Waals surface area contributed by atoms with E-state index in [0.717, 1.165) is 17.7 Å². The van der Waals surface area contributed by atoms with Crippen LogP contribution in [0, 0.1) is 6.92 Å². The van der Waals surface area contributed by atoms with E-state index in [1.807, 2.05) is 16.7 Å². The number of esters is 1. The van der Waals surface area contributed by atoms with Gasteiger partial charge in [0.1, 0.15) is 11.1 Å². The van der Waals surface area contributed by atoms with Crippen LogP contribution in [-0.2, 0) is 19.1 Å². The molecule has 9 heteroatoms. The van der Waals surface area contributed by atoms with Gasteiger partial charge in [-0.25, -0.2) is 4.79 Å². The van der Waals surface area contributed by atoms with Crippen LogP contribution in [0.4, 0.5) is 5.00 Å². The molecule has 2 aliphatic rings. The lowest BCUT2D eigenvalue weighted by Gasteiger charge is -2.35. The number of thiophene rings is 1. The molecule has 1 aromatic heterocycles. The summed E-state index contributed by atoms with van der Waals surface area (Å²) in [5.74, 6) is -0.579. The van der Waals surface area contributed by atoms with E-state index in [1.54, 1.807) is 6.07 Å². The summed E-state index contributed by atoms with van der Waals surface area (Å²) in [6.45, 7) is 5.22. The summed E-state index contributed by atoms with van der Waals surface area (Å²) in [5.41, 5.74) is 0.375. The van der Waals surface area contributed by atoms with Crippen molar-refractivity contribution in [2.75, 3.05) is 51.8 Å². The van der Waals surface area contributed by atoms with Crippen LogP contribution in [0.15, 0.2) is 6.07 Å². The third kappa shape index (κ3) is 4.85. The third-order valence-electron chi connectivity index (χ3n) is 4.77. The topological polar surface area (TPSA) is 88.2 Å². The quantitative estimate of drug-likeness (QED) is 0.752. The number of anilines is 1.